The van der Waals surface area contributed by atoms with Crippen molar-refractivity contribution in [3.8, 4) is 0 Å². The molecule has 58 valence electrons. The molecule has 0 aliphatic heterocycles. The molecule has 2 rings (SSSR count). The molecule has 0 atom stereocenters. The Bertz CT molecular complexity index is 380. The van der Waals surface area contributed by atoms with Crippen LogP contribution in [0.2, 0.25) is 0 Å². The van der Waals surface area contributed by atoms with Crippen LogP contribution in [-0.4, -0.2) is 15.6 Å². The first-order valence-electron chi connectivity index (χ1n) is 2.77. The minimum absolute atomic E-state index is 0.872. The van der Waals surface area contributed by atoms with Crippen molar-refractivity contribution in [2.45, 2.75) is 4.34 Å². The van der Waals surface area contributed by atoms with E-state index in [1.807, 2.05) is 6.26 Å². The molecule has 2 nitrogen and oxygen atoms in total. The molecule has 0 saturated carbocycles. The average molecular weight is 267 g/mol. The second-order valence-electron chi connectivity index (χ2n) is 1.79. The van der Waals surface area contributed by atoms with E-state index in [2.05, 4.69) is 25.3 Å². The first-order chi connectivity index (χ1) is 5.31. The molecular formula is C5H3BrN2S3. The third kappa shape index (κ3) is 1.32. The Morgan fingerprint density at radius 1 is 1.55 bits per heavy atom. The van der Waals surface area contributed by atoms with Gasteiger partial charge >= 0.3 is 0 Å². The standard InChI is InChI=1S/C5H3BrN2S3/c1-9-5-7-4-2(10-5)3(6)11-8-4/h1H3. The molecule has 0 radical (unpaired) electrons. The maximum Gasteiger partial charge on any atom is 0.186 e. The molecule has 0 spiro atoms. The Kier molecular flexibility index (Phi) is 2.18. The molecule has 2 aromatic rings. The second-order valence-corrected chi connectivity index (χ2v) is 5.94. The summed E-state index contributed by atoms with van der Waals surface area (Å²) < 4.78 is 7.50. The molecule has 0 fully saturated rings. The van der Waals surface area contributed by atoms with E-state index in [-0.39, 0.29) is 0 Å². The van der Waals surface area contributed by atoms with Gasteiger partial charge in [0.2, 0.25) is 0 Å². The SMILES string of the molecule is CSc1nc2nsc(Br)c2s1. The summed E-state index contributed by atoms with van der Waals surface area (Å²) in [6.07, 6.45) is 2.02. The van der Waals surface area contributed by atoms with Gasteiger partial charge in [-0.2, -0.15) is 4.37 Å². The third-order valence-electron chi connectivity index (χ3n) is 1.16. The fourth-order valence-corrected chi connectivity index (χ4v) is 3.43. The van der Waals surface area contributed by atoms with Crippen molar-refractivity contribution in [3.05, 3.63) is 3.79 Å². The molecule has 0 N–H and O–H groups in total. The van der Waals surface area contributed by atoms with Gasteiger partial charge in [0, 0.05) is 0 Å². The molecule has 6 heteroatoms. The average Bonchev–Trinajstić information content (AvgIpc) is 2.53. The number of thiazole rings is 1. The highest BCUT2D eigenvalue weighted by molar-refractivity contribution is 9.11. The van der Waals surface area contributed by atoms with Crippen LogP contribution < -0.4 is 0 Å². The first kappa shape index (κ1) is 7.97. The summed E-state index contributed by atoms with van der Waals surface area (Å²) in [5.74, 6) is 0. The molecule has 0 aromatic carbocycles. The smallest absolute Gasteiger partial charge is 0.186 e. The normalized spacial score (nSPS) is 11.1. The zero-order chi connectivity index (χ0) is 7.84. The Labute approximate surface area is 84.3 Å². The van der Waals surface area contributed by atoms with E-state index in [4.69, 9.17) is 0 Å². The highest BCUT2D eigenvalue weighted by Crippen LogP contribution is 2.35. The topological polar surface area (TPSA) is 25.8 Å². The van der Waals surface area contributed by atoms with Gasteiger partial charge in [-0.25, -0.2) is 4.98 Å². The summed E-state index contributed by atoms with van der Waals surface area (Å²) in [5.41, 5.74) is 0.872. The van der Waals surface area contributed by atoms with E-state index in [1.54, 1.807) is 23.1 Å². The summed E-state index contributed by atoms with van der Waals surface area (Å²) in [6, 6.07) is 0. The van der Waals surface area contributed by atoms with Crippen LogP contribution >= 0.6 is 50.6 Å². The minimum atomic E-state index is 0.872. The van der Waals surface area contributed by atoms with Gasteiger partial charge in [-0.05, 0) is 33.7 Å². The van der Waals surface area contributed by atoms with Gasteiger partial charge in [0.05, 0.1) is 0 Å². The number of rotatable bonds is 1. The van der Waals surface area contributed by atoms with Crippen molar-refractivity contribution in [2.24, 2.45) is 0 Å². The van der Waals surface area contributed by atoms with Crippen LogP contribution in [0.15, 0.2) is 8.13 Å². The van der Waals surface area contributed by atoms with Crippen molar-refractivity contribution in [2.75, 3.05) is 6.26 Å². The van der Waals surface area contributed by atoms with E-state index >= 15 is 0 Å². The molecule has 0 bridgehead atoms. The lowest BCUT2D eigenvalue weighted by atomic mass is 10.7. The molecule has 0 saturated heterocycles. The van der Waals surface area contributed by atoms with E-state index in [1.165, 1.54) is 16.2 Å². The van der Waals surface area contributed by atoms with Crippen LogP contribution in [0.3, 0.4) is 0 Å². The van der Waals surface area contributed by atoms with Gasteiger partial charge in [-0.3, -0.25) is 0 Å². The van der Waals surface area contributed by atoms with E-state index in [0.717, 1.165) is 13.8 Å². The summed E-state index contributed by atoms with van der Waals surface area (Å²) in [4.78, 5) is 4.30. The predicted molar refractivity (Wildman–Crippen MR) is 54.8 cm³/mol. The molecular weight excluding hydrogens is 264 g/mol. The number of aromatic nitrogens is 2. The van der Waals surface area contributed by atoms with E-state index in [0.29, 0.717) is 0 Å². The monoisotopic (exact) mass is 266 g/mol. The highest BCUT2D eigenvalue weighted by Gasteiger charge is 2.08. The van der Waals surface area contributed by atoms with Crippen LogP contribution in [0.4, 0.5) is 0 Å². The maximum absolute atomic E-state index is 4.30. The Hall–Kier alpha value is 0.350. The third-order valence-corrected chi connectivity index (χ3v) is 5.05. The number of nitrogens with zero attached hydrogens (tertiary/aromatic N) is 2. The van der Waals surface area contributed by atoms with Crippen molar-refractivity contribution >= 4 is 60.9 Å². The maximum atomic E-state index is 4.30. The van der Waals surface area contributed by atoms with Crippen LogP contribution in [0.25, 0.3) is 10.3 Å². The summed E-state index contributed by atoms with van der Waals surface area (Å²) >= 11 is 8.22. The molecule has 0 unspecified atom stereocenters. The first-order valence-corrected chi connectivity index (χ1v) is 6.37. The lowest BCUT2D eigenvalue weighted by Crippen LogP contribution is -1.64. The van der Waals surface area contributed by atoms with Gasteiger partial charge in [-0.1, -0.05) is 11.8 Å². The van der Waals surface area contributed by atoms with Crippen molar-refractivity contribution in [1.82, 2.24) is 9.36 Å². The highest BCUT2D eigenvalue weighted by atomic mass is 79.9. The van der Waals surface area contributed by atoms with E-state index in [9.17, 15) is 0 Å². The molecule has 0 amide bonds. The number of fused-ring (bicyclic) bond motifs is 1. The van der Waals surface area contributed by atoms with Crippen molar-refractivity contribution < 1.29 is 0 Å². The lowest BCUT2D eigenvalue weighted by Gasteiger charge is -1.79. The molecule has 0 aliphatic carbocycles. The Morgan fingerprint density at radius 3 is 3.00 bits per heavy atom. The number of hydrogen-bond donors (Lipinski definition) is 0. The van der Waals surface area contributed by atoms with Gasteiger partial charge in [-0.15, -0.1) is 11.3 Å². The van der Waals surface area contributed by atoms with Crippen molar-refractivity contribution in [3.63, 3.8) is 0 Å². The zero-order valence-electron chi connectivity index (χ0n) is 5.50. The van der Waals surface area contributed by atoms with Crippen LogP contribution in [0, 0.1) is 0 Å². The summed E-state index contributed by atoms with van der Waals surface area (Å²) in [6.45, 7) is 0. The fourth-order valence-electron chi connectivity index (χ4n) is 0.695. The molecule has 0 aliphatic rings. The van der Waals surface area contributed by atoms with Crippen LogP contribution in [-0.2, 0) is 0 Å². The zero-order valence-corrected chi connectivity index (χ0v) is 9.53. The Balaban J connectivity index is 2.70. The van der Waals surface area contributed by atoms with Gasteiger partial charge in [0.25, 0.3) is 0 Å². The number of hydrogen-bond acceptors (Lipinski definition) is 5. The molecule has 2 heterocycles. The number of thioether (sulfide) groups is 1. The largest absolute Gasteiger partial charge is 0.209 e. The molecule has 11 heavy (non-hydrogen) atoms. The quantitative estimate of drug-likeness (QED) is 0.742. The van der Waals surface area contributed by atoms with Crippen LogP contribution in [0.5, 0.6) is 0 Å². The van der Waals surface area contributed by atoms with Crippen molar-refractivity contribution in [1.29, 1.82) is 0 Å². The summed E-state index contributed by atoms with van der Waals surface area (Å²) in [7, 11) is 0. The number of halogens is 1. The Morgan fingerprint density at radius 2 is 2.36 bits per heavy atom. The van der Waals surface area contributed by atoms with E-state index < -0.39 is 0 Å². The second kappa shape index (κ2) is 3.01. The fraction of sp³-hybridized carbons (Fsp3) is 0.200. The van der Waals surface area contributed by atoms with Gasteiger partial charge < -0.3 is 0 Å². The van der Waals surface area contributed by atoms with Gasteiger partial charge in [0.1, 0.15) is 8.49 Å². The van der Waals surface area contributed by atoms with Crippen LogP contribution in [0.1, 0.15) is 0 Å². The predicted octanol–water partition coefficient (Wildman–Crippen LogP) is 3.24. The minimum Gasteiger partial charge on any atom is -0.209 e. The van der Waals surface area contributed by atoms with Gasteiger partial charge in [0.15, 0.2) is 9.99 Å². The molecule has 2 aromatic heterocycles. The lowest BCUT2D eigenvalue weighted by molar-refractivity contribution is 1.28. The summed E-state index contributed by atoms with van der Waals surface area (Å²) in [5, 5.41) is 0.